The fourth-order valence-electron chi connectivity index (χ4n) is 2.65. The van der Waals surface area contributed by atoms with Gasteiger partial charge in [0.05, 0.1) is 0 Å². The molecule has 0 bridgehead atoms. The summed E-state index contributed by atoms with van der Waals surface area (Å²) in [5.74, 6) is 0.215. The second kappa shape index (κ2) is 7.78. The van der Waals surface area contributed by atoms with Crippen LogP contribution in [0.3, 0.4) is 0 Å². The molecule has 2 N–H and O–H groups in total. The van der Waals surface area contributed by atoms with Crippen LogP contribution >= 0.6 is 0 Å². The van der Waals surface area contributed by atoms with Gasteiger partial charge in [-0.15, -0.1) is 10.2 Å². The first-order chi connectivity index (χ1) is 12.9. The standard InChI is InChI=1S/C21H20N4O2/c1-13-5-4-6-14(2)20(13)23-21(27)18-11-12-19(25-24-18)22-17-9-7-16(8-10-17)15(3)26/h4-12H,1-3H3,(H,22,25)(H,23,27). The first-order valence-electron chi connectivity index (χ1n) is 8.53. The maximum absolute atomic E-state index is 12.4. The highest BCUT2D eigenvalue weighted by atomic mass is 16.2. The van der Waals surface area contributed by atoms with Crippen LogP contribution in [0.5, 0.6) is 0 Å². The molecule has 3 aromatic rings. The summed E-state index contributed by atoms with van der Waals surface area (Å²) in [7, 11) is 0. The van der Waals surface area contributed by atoms with Crippen molar-refractivity contribution in [1.82, 2.24) is 10.2 Å². The minimum atomic E-state index is -0.308. The van der Waals surface area contributed by atoms with E-state index in [4.69, 9.17) is 0 Å². The number of anilines is 3. The number of aryl methyl sites for hydroxylation is 2. The van der Waals surface area contributed by atoms with Crippen LogP contribution in [-0.4, -0.2) is 21.9 Å². The molecule has 27 heavy (non-hydrogen) atoms. The van der Waals surface area contributed by atoms with Gasteiger partial charge in [0, 0.05) is 16.9 Å². The van der Waals surface area contributed by atoms with Gasteiger partial charge in [0.15, 0.2) is 17.3 Å². The minimum absolute atomic E-state index is 0.0144. The Morgan fingerprint density at radius 1 is 0.852 bits per heavy atom. The van der Waals surface area contributed by atoms with Crippen molar-refractivity contribution in [2.24, 2.45) is 0 Å². The van der Waals surface area contributed by atoms with Crippen LogP contribution in [0, 0.1) is 13.8 Å². The lowest BCUT2D eigenvalue weighted by molar-refractivity contribution is 0.101. The summed E-state index contributed by atoms with van der Waals surface area (Å²) in [5, 5.41) is 14.0. The summed E-state index contributed by atoms with van der Waals surface area (Å²) in [6.07, 6.45) is 0. The van der Waals surface area contributed by atoms with Crippen LogP contribution in [-0.2, 0) is 0 Å². The van der Waals surface area contributed by atoms with Gasteiger partial charge in [-0.3, -0.25) is 9.59 Å². The van der Waals surface area contributed by atoms with E-state index in [2.05, 4.69) is 20.8 Å². The van der Waals surface area contributed by atoms with E-state index in [0.29, 0.717) is 11.4 Å². The van der Waals surface area contributed by atoms with Crippen molar-refractivity contribution in [2.45, 2.75) is 20.8 Å². The number of carbonyl (C=O) groups excluding carboxylic acids is 2. The summed E-state index contributed by atoms with van der Waals surface area (Å²) in [4.78, 5) is 23.7. The normalized spacial score (nSPS) is 10.3. The van der Waals surface area contributed by atoms with Crippen molar-refractivity contribution in [3.63, 3.8) is 0 Å². The molecule has 0 aliphatic heterocycles. The number of nitrogens with one attached hydrogen (secondary N) is 2. The van der Waals surface area contributed by atoms with Gasteiger partial charge in [-0.2, -0.15) is 0 Å². The zero-order valence-corrected chi connectivity index (χ0v) is 15.4. The van der Waals surface area contributed by atoms with Gasteiger partial charge in [-0.05, 0) is 68.3 Å². The van der Waals surface area contributed by atoms with Crippen molar-refractivity contribution < 1.29 is 9.59 Å². The number of ketones is 1. The summed E-state index contributed by atoms with van der Waals surface area (Å²) in [6, 6.07) is 16.2. The maximum atomic E-state index is 12.4. The molecule has 0 radical (unpaired) electrons. The van der Waals surface area contributed by atoms with Crippen molar-refractivity contribution >= 4 is 28.9 Å². The Balaban J connectivity index is 1.69. The molecule has 0 unspecified atom stereocenters. The molecule has 0 spiro atoms. The molecule has 0 fully saturated rings. The molecule has 0 atom stereocenters. The van der Waals surface area contributed by atoms with Crippen molar-refractivity contribution in [2.75, 3.05) is 10.6 Å². The van der Waals surface area contributed by atoms with Gasteiger partial charge in [-0.1, -0.05) is 18.2 Å². The average Bonchev–Trinajstić information content (AvgIpc) is 2.66. The predicted molar refractivity (Wildman–Crippen MR) is 106 cm³/mol. The number of aromatic nitrogens is 2. The fraction of sp³-hybridized carbons (Fsp3) is 0.143. The van der Waals surface area contributed by atoms with Crippen LogP contribution in [0.4, 0.5) is 17.2 Å². The Bertz CT molecular complexity index is 960. The van der Waals surface area contributed by atoms with E-state index in [1.54, 1.807) is 36.4 Å². The van der Waals surface area contributed by atoms with Crippen molar-refractivity contribution in [1.29, 1.82) is 0 Å². The Morgan fingerprint density at radius 2 is 1.52 bits per heavy atom. The Labute approximate surface area is 157 Å². The molecule has 3 rings (SSSR count). The fourth-order valence-corrected chi connectivity index (χ4v) is 2.65. The summed E-state index contributed by atoms with van der Waals surface area (Å²) in [5.41, 5.74) is 4.42. The third-order valence-corrected chi connectivity index (χ3v) is 4.18. The molecule has 0 saturated carbocycles. The van der Waals surface area contributed by atoms with E-state index < -0.39 is 0 Å². The predicted octanol–water partition coefficient (Wildman–Crippen LogP) is 4.29. The van der Waals surface area contributed by atoms with Crippen molar-refractivity contribution in [3.8, 4) is 0 Å². The van der Waals surface area contributed by atoms with Gasteiger partial charge in [0.25, 0.3) is 5.91 Å². The van der Waals surface area contributed by atoms with Crippen molar-refractivity contribution in [3.05, 3.63) is 77.0 Å². The average molecular weight is 360 g/mol. The number of rotatable bonds is 5. The lowest BCUT2D eigenvalue weighted by atomic mass is 10.1. The number of Topliss-reactive ketones (excluding diaryl/α,β-unsaturated/α-hetero) is 1. The van der Waals surface area contributed by atoms with Crippen LogP contribution in [0.2, 0.25) is 0 Å². The van der Waals surface area contributed by atoms with Gasteiger partial charge in [-0.25, -0.2) is 0 Å². The molecule has 136 valence electrons. The van der Waals surface area contributed by atoms with Gasteiger partial charge in [0.2, 0.25) is 0 Å². The van der Waals surface area contributed by atoms with E-state index in [1.165, 1.54) is 6.92 Å². The highest BCUT2D eigenvalue weighted by molar-refractivity contribution is 6.03. The van der Waals surface area contributed by atoms with E-state index >= 15 is 0 Å². The third kappa shape index (κ3) is 4.36. The van der Waals surface area contributed by atoms with Crippen LogP contribution in [0.1, 0.15) is 38.9 Å². The number of benzene rings is 2. The highest BCUT2D eigenvalue weighted by Crippen LogP contribution is 2.20. The molecular formula is C21H20N4O2. The molecule has 1 heterocycles. The largest absolute Gasteiger partial charge is 0.339 e. The molecule has 1 amide bonds. The van der Waals surface area contributed by atoms with E-state index in [0.717, 1.165) is 22.5 Å². The van der Waals surface area contributed by atoms with E-state index in [-0.39, 0.29) is 17.4 Å². The zero-order chi connectivity index (χ0) is 19.4. The van der Waals surface area contributed by atoms with Crippen LogP contribution < -0.4 is 10.6 Å². The monoisotopic (exact) mass is 360 g/mol. The quantitative estimate of drug-likeness (QED) is 0.663. The smallest absolute Gasteiger partial charge is 0.276 e. The third-order valence-electron chi connectivity index (χ3n) is 4.18. The van der Waals surface area contributed by atoms with Gasteiger partial charge in [0.1, 0.15) is 0 Å². The van der Waals surface area contributed by atoms with Gasteiger partial charge >= 0.3 is 0 Å². The number of carbonyl (C=O) groups is 2. The number of nitrogens with zero attached hydrogens (tertiary/aromatic N) is 2. The highest BCUT2D eigenvalue weighted by Gasteiger charge is 2.11. The molecule has 0 aliphatic carbocycles. The first-order valence-corrected chi connectivity index (χ1v) is 8.53. The molecule has 6 heteroatoms. The Kier molecular flexibility index (Phi) is 5.26. The maximum Gasteiger partial charge on any atom is 0.276 e. The van der Waals surface area contributed by atoms with Gasteiger partial charge < -0.3 is 10.6 Å². The van der Waals surface area contributed by atoms with E-state index in [9.17, 15) is 9.59 Å². The number of amides is 1. The molecule has 0 aliphatic rings. The Morgan fingerprint density at radius 3 is 2.07 bits per heavy atom. The van der Waals surface area contributed by atoms with Crippen LogP contribution in [0.15, 0.2) is 54.6 Å². The lowest BCUT2D eigenvalue weighted by Gasteiger charge is -2.11. The molecular weight excluding hydrogens is 340 g/mol. The second-order valence-electron chi connectivity index (χ2n) is 6.28. The van der Waals surface area contributed by atoms with E-state index in [1.807, 2.05) is 32.0 Å². The SMILES string of the molecule is CC(=O)c1ccc(Nc2ccc(C(=O)Nc3c(C)cccc3C)nn2)cc1. The lowest BCUT2D eigenvalue weighted by Crippen LogP contribution is -2.16. The summed E-state index contributed by atoms with van der Waals surface area (Å²) >= 11 is 0. The van der Waals surface area contributed by atoms with Crippen LogP contribution in [0.25, 0.3) is 0 Å². The summed E-state index contributed by atoms with van der Waals surface area (Å²) in [6.45, 7) is 5.41. The topological polar surface area (TPSA) is 84.0 Å². The zero-order valence-electron chi connectivity index (χ0n) is 15.4. The molecule has 6 nitrogen and oxygen atoms in total. The Hall–Kier alpha value is -3.54. The number of para-hydroxylation sites is 1. The number of hydrogen-bond donors (Lipinski definition) is 2. The summed E-state index contributed by atoms with van der Waals surface area (Å²) < 4.78 is 0. The molecule has 2 aromatic carbocycles. The first kappa shape index (κ1) is 18.3. The number of hydrogen-bond acceptors (Lipinski definition) is 5. The minimum Gasteiger partial charge on any atom is -0.339 e. The second-order valence-corrected chi connectivity index (χ2v) is 6.28. The molecule has 0 saturated heterocycles. The molecule has 1 aromatic heterocycles.